The standard InChI is InChI=1S/C54H99NO18/c1-3-5-7-9-11-13-14-15-16-17-18-19-20-21-22-23-24-26-28-30-32-42(60)55-37(38(59)31-29-27-25-12-10-8-6-4-2)36-68-52-48(66)45(63)50(40(34-57)70-52)73-54-49(67)46(64)51(41(35-58)71-54)72-53-47(65)44(62)43(61)39(33-56)69-53/h10,12,29,31,37-41,43-54,56-59,61-67H,3-9,11,13-28,30,32-36H2,1-2H3,(H,55,60)/b12-10+,31-29+. The molecule has 17 atom stereocenters. The van der Waals surface area contributed by atoms with Crippen molar-refractivity contribution < 1.29 is 89.4 Å². The average molecular weight is 1050 g/mol. The van der Waals surface area contributed by atoms with Gasteiger partial charge >= 0.3 is 0 Å². The molecule has 428 valence electrons. The van der Waals surface area contributed by atoms with E-state index in [-0.39, 0.29) is 18.9 Å². The number of hydrogen-bond donors (Lipinski definition) is 12. The van der Waals surface area contributed by atoms with Crippen molar-refractivity contribution in [3.05, 3.63) is 24.3 Å². The number of unbranched alkanes of at least 4 members (excludes halogenated alkanes) is 22. The Labute approximate surface area is 435 Å². The summed E-state index contributed by atoms with van der Waals surface area (Å²) in [6, 6.07) is -0.982. The molecule has 0 bridgehead atoms. The molecule has 3 aliphatic heterocycles. The Morgan fingerprint density at radius 2 is 0.877 bits per heavy atom. The highest BCUT2D eigenvalue weighted by atomic mass is 16.8. The van der Waals surface area contributed by atoms with Crippen molar-refractivity contribution in [3.63, 3.8) is 0 Å². The molecular weight excluding hydrogens is 951 g/mol. The van der Waals surface area contributed by atoms with Gasteiger partial charge in [-0.25, -0.2) is 0 Å². The fourth-order valence-electron chi connectivity index (χ4n) is 9.54. The van der Waals surface area contributed by atoms with Gasteiger partial charge in [-0.1, -0.05) is 173 Å². The Kier molecular flexibility index (Phi) is 34.8. The molecule has 17 unspecified atom stereocenters. The maximum atomic E-state index is 13.2. The van der Waals surface area contributed by atoms with Crippen LogP contribution in [0, 0.1) is 0 Å². The molecule has 3 rings (SSSR count). The van der Waals surface area contributed by atoms with Crippen LogP contribution in [0.5, 0.6) is 0 Å². The molecule has 3 heterocycles. The normalized spacial score (nSPS) is 31.9. The van der Waals surface area contributed by atoms with E-state index < -0.39 is 124 Å². The Bertz CT molecular complexity index is 1440. The number of nitrogens with one attached hydrogen (secondary N) is 1. The van der Waals surface area contributed by atoms with Crippen LogP contribution in [0.25, 0.3) is 0 Å². The lowest BCUT2D eigenvalue weighted by Crippen LogP contribution is -2.66. The summed E-state index contributed by atoms with van der Waals surface area (Å²) in [5.41, 5.74) is 0. The van der Waals surface area contributed by atoms with Crippen LogP contribution in [-0.2, 0) is 33.2 Å². The molecule has 0 aromatic heterocycles. The first-order valence-corrected chi connectivity index (χ1v) is 28.1. The van der Waals surface area contributed by atoms with Crippen LogP contribution in [0.3, 0.4) is 0 Å². The van der Waals surface area contributed by atoms with E-state index >= 15 is 0 Å². The van der Waals surface area contributed by atoms with E-state index in [4.69, 9.17) is 28.4 Å². The molecule has 0 saturated carbocycles. The largest absolute Gasteiger partial charge is 0.394 e. The van der Waals surface area contributed by atoms with Gasteiger partial charge in [0.05, 0.1) is 38.6 Å². The van der Waals surface area contributed by atoms with E-state index in [0.717, 1.165) is 44.9 Å². The maximum Gasteiger partial charge on any atom is 0.220 e. The summed E-state index contributed by atoms with van der Waals surface area (Å²) in [6.07, 6.45) is 10.7. The van der Waals surface area contributed by atoms with Crippen LogP contribution in [-0.4, -0.2) is 193 Å². The minimum Gasteiger partial charge on any atom is -0.394 e. The van der Waals surface area contributed by atoms with E-state index in [2.05, 4.69) is 31.3 Å². The van der Waals surface area contributed by atoms with Crippen LogP contribution >= 0.6 is 0 Å². The van der Waals surface area contributed by atoms with Crippen molar-refractivity contribution in [2.24, 2.45) is 0 Å². The number of carbonyl (C=O) groups is 1. The molecule has 3 aliphatic rings. The van der Waals surface area contributed by atoms with Gasteiger partial charge in [0.15, 0.2) is 18.9 Å². The fraction of sp³-hybridized carbons (Fsp3) is 0.907. The third-order valence-corrected chi connectivity index (χ3v) is 14.3. The molecule has 0 aromatic carbocycles. The zero-order chi connectivity index (χ0) is 53.4. The number of carbonyl (C=O) groups excluding carboxylic acids is 1. The van der Waals surface area contributed by atoms with Crippen molar-refractivity contribution in [1.82, 2.24) is 5.32 Å². The van der Waals surface area contributed by atoms with E-state index in [1.54, 1.807) is 6.08 Å². The van der Waals surface area contributed by atoms with Gasteiger partial charge in [-0.3, -0.25) is 4.79 Å². The van der Waals surface area contributed by atoms with Crippen LogP contribution in [0.4, 0.5) is 0 Å². The molecular formula is C54H99NO18. The van der Waals surface area contributed by atoms with E-state index in [1.165, 1.54) is 103 Å². The van der Waals surface area contributed by atoms with Gasteiger partial charge in [-0.05, 0) is 25.7 Å². The van der Waals surface area contributed by atoms with E-state index in [1.807, 2.05) is 6.08 Å². The zero-order valence-corrected chi connectivity index (χ0v) is 44.1. The highest BCUT2D eigenvalue weighted by molar-refractivity contribution is 5.76. The molecule has 3 fully saturated rings. The SMILES string of the molecule is CCCC/C=C/CC/C=C/C(O)C(COC1OC(CO)C(OC2OC(CO)C(OC3OC(CO)C(O)C(O)C3O)C(O)C2O)C(O)C1O)NC(=O)CCCCCCCCCCCCCCCCCCCCCC. The molecule has 1 amide bonds. The third-order valence-electron chi connectivity index (χ3n) is 14.3. The van der Waals surface area contributed by atoms with Gasteiger partial charge in [-0.15, -0.1) is 0 Å². The first kappa shape index (κ1) is 65.6. The summed E-state index contributed by atoms with van der Waals surface area (Å²) in [7, 11) is 0. The van der Waals surface area contributed by atoms with Crippen molar-refractivity contribution in [3.8, 4) is 0 Å². The van der Waals surface area contributed by atoms with Crippen LogP contribution in [0.1, 0.15) is 181 Å². The summed E-state index contributed by atoms with van der Waals surface area (Å²) in [4.78, 5) is 13.2. The molecule has 12 N–H and O–H groups in total. The van der Waals surface area contributed by atoms with Gasteiger partial charge in [0.2, 0.25) is 5.91 Å². The van der Waals surface area contributed by atoms with Gasteiger partial charge in [0, 0.05) is 6.42 Å². The summed E-state index contributed by atoms with van der Waals surface area (Å²) < 4.78 is 34.1. The molecule has 0 radical (unpaired) electrons. The number of hydrogen-bond acceptors (Lipinski definition) is 18. The second-order valence-corrected chi connectivity index (χ2v) is 20.4. The second kappa shape index (κ2) is 38.8. The van der Waals surface area contributed by atoms with Crippen molar-refractivity contribution >= 4 is 5.91 Å². The Morgan fingerprint density at radius 1 is 0.479 bits per heavy atom. The smallest absolute Gasteiger partial charge is 0.220 e. The Hall–Kier alpha value is -1.73. The predicted octanol–water partition coefficient (Wildman–Crippen LogP) is 3.59. The average Bonchev–Trinajstić information content (AvgIpc) is 3.39. The summed E-state index contributed by atoms with van der Waals surface area (Å²) in [5.74, 6) is -0.288. The fourth-order valence-corrected chi connectivity index (χ4v) is 9.54. The monoisotopic (exact) mass is 1050 g/mol. The Balaban J connectivity index is 1.47. The molecule has 0 spiro atoms. The van der Waals surface area contributed by atoms with Gasteiger partial charge in [0.25, 0.3) is 0 Å². The minimum absolute atomic E-state index is 0.239. The highest BCUT2D eigenvalue weighted by Crippen LogP contribution is 2.33. The van der Waals surface area contributed by atoms with Crippen LogP contribution in [0.15, 0.2) is 24.3 Å². The number of aliphatic hydroxyl groups excluding tert-OH is 11. The number of aliphatic hydroxyl groups is 11. The second-order valence-electron chi connectivity index (χ2n) is 20.4. The molecule has 19 heteroatoms. The summed E-state index contributed by atoms with van der Waals surface area (Å²) in [5, 5.41) is 120. The first-order valence-electron chi connectivity index (χ1n) is 28.1. The maximum absolute atomic E-state index is 13.2. The quantitative estimate of drug-likeness (QED) is 0.0308. The minimum atomic E-state index is -1.98. The number of ether oxygens (including phenoxy) is 6. The lowest BCUT2D eigenvalue weighted by Gasteiger charge is -2.48. The van der Waals surface area contributed by atoms with E-state index in [0.29, 0.717) is 12.8 Å². The van der Waals surface area contributed by atoms with Gasteiger partial charge < -0.3 is 89.9 Å². The van der Waals surface area contributed by atoms with Crippen LogP contribution < -0.4 is 5.32 Å². The van der Waals surface area contributed by atoms with Crippen molar-refractivity contribution in [2.45, 2.75) is 285 Å². The predicted molar refractivity (Wildman–Crippen MR) is 273 cm³/mol. The first-order chi connectivity index (χ1) is 35.3. The number of allylic oxidation sites excluding steroid dienone is 3. The molecule has 3 saturated heterocycles. The molecule has 0 aromatic rings. The lowest BCUT2D eigenvalue weighted by atomic mass is 9.96. The van der Waals surface area contributed by atoms with Gasteiger partial charge in [0.1, 0.15) is 73.2 Å². The summed E-state index contributed by atoms with van der Waals surface area (Å²) >= 11 is 0. The number of amides is 1. The van der Waals surface area contributed by atoms with Gasteiger partial charge in [-0.2, -0.15) is 0 Å². The van der Waals surface area contributed by atoms with E-state index in [9.17, 15) is 61.0 Å². The third kappa shape index (κ3) is 23.8. The highest BCUT2D eigenvalue weighted by Gasteiger charge is 2.53. The number of rotatable bonds is 40. The van der Waals surface area contributed by atoms with Crippen molar-refractivity contribution in [2.75, 3.05) is 26.4 Å². The molecule has 0 aliphatic carbocycles. The topological polar surface area (TPSA) is 307 Å². The molecule has 73 heavy (non-hydrogen) atoms. The van der Waals surface area contributed by atoms with Crippen LogP contribution in [0.2, 0.25) is 0 Å². The zero-order valence-electron chi connectivity index (χ0n) is 44.1. The summed E-state index contributed by atoms with van der Waals surface area (Å²) in [6.45, 7) is 1.61. The molecule has 19 nitrogen and oxygen atoms in total. The lowest BCUT2D eigenvalue weighted by molar-refractivity contribution is -0.379. The van der Waals surface area contributed by atoms with Crippen molar-refractivity contribution in [1.29, 1.82) is 0 Å². The Morgan fingerprint density at radius 3 is 1.36 bits per heavy atom.